The average molecular weight is 227 g/mol. The lowest BCUT2D eigenvalue weighted by Crippen LogP contribution is -2.05. The molecule has 15 heavy (non-hydrogen) atoms. The third-order valence-corrected chi connectivity index (χ3v) is 2.63. The van der Waals surface area contributed by atoms with Crippen LogP contribution in [-0.2, 0) is 0 Å². The zero-order valence-electron chi connectivity index (χ0n) is 9.66. The first kappa shape index (κ1) is 12.4. The number of ether oxygens (including phenoxy) is 1. The number of hydrogen-bond donors (Lipinski definition) is 0. The summed E-state index contributed by atoms with van der Waals surface area (Å²) >= 11 is 6.22. The lowest BCUT2D eigenvalue weighted by molar-refractivity contribution is 0.242. The van der Waals surface area contributed by atoms with Gasteiger partial charge in [0.05, 0.1) is 11.5 Å². The van der Waals surface area contributed by atoms with Gasteiger partial charge in [0.15, 0.2) is 0 Å². The molecule has 1 nitrogen and oxygen atoms in total. The van der Waals surface area contributed by atoms with Crippen LogP contribution in [0.2, 0.25) is 0 Å². The monoisotopic (exact) mass is 226 g/mol. The van der Waals surface area contributed by atoms with E-state index in [9.17, 15) is 0 Å². The van der Waals surface area contributed by atoms with Crippen LogP contribution in [0.25, 0.3) is 0 Å². The highest BCUT2D eigenvalue weighted by molar-refractivity contribution is 6.20. The van der Waals surface area contributed by atoms with Crippen molar-refractivity contribution in [1.29, 1.82) is 0 Å². The molecule has 0 saturated carbocycles. The lowest BCUT2D eigenvalue weighted by Gasteiger charge is -2.12. The average Bonchev–Trinajstić information content (AvgIpc) is 2.18. The summed E-state index contributed by atoms with van der Waals surface area (Å²) in [6.07, 6.45) is 2.35. The molecule has 0 aliphatic heterocycles. The molecule has 1 unspecified atom stereocenters. The molecule has 0 saturated heterocycles. The second kappa shape index (κ2) is 6.02. The van der Waals surface area contributed by atoms with Gasteiger partial charge in [-0.2, -0.15) is 0 Å². The van der Waals surface area contributed by atoms with Gasteiger partial charge in [-0.25, -0.2) is 0 Å². The molecule has 1 aromatic rings. The van der Waals surface area contributed by atoms with Crippen LogP contribution in [0.3, 0.4) is 0 Å². The Hall–Kier alpha value is -0.690. The Balaban J connectivity index is 2.63. The van der Waals surface area contributed by atoms with Gasteiger partial charge in [0.2, 0.25) is 0 Å². The van der Waals surface area contributed by atoms with Crippen LogP contribution in [0, 0.1) is 0 Å². The summed E-state index contributed by atoms with van der Waals surface area (Å²) in [5, 5.41) is 0.128. The zero-order valence-corrected chi connectivity index (χ0v) is 10.4. The van der Waals surface area contributed by atoms with E-state index in [0.717, 1.165) is 18.6 Å². The Morgan fingerprint density at radius 2 is 1.80 bits per heavy atom. The molecule has 0 heterocycles. The van der Waals surface area contributed by atoms with Crippen LogP contribution in [0.4, 0.5) is 0 Å². The summed E-state index contributed by atoms with van der Waals surface area (Å²) in [6.45, 7) is 6.19. The standard InChI is InChI=1S/C13H19ClO/c1-4-5-13(14)11-6-8-12(9-7-11)15-10(2)3/h6-10,13H,4-5H2,1-3H3. The zero-order chi connectivity index (χ0) is 11.3. The van der Waals surface area contributed by atoms with E-state index in [4.69, 9.17) is 16.3 Å². The molecular weight excluding hydrogens is 208 g/mol. The molecule has 0 aromatic heterocycles. The van der Waals surface area contributed by atoms with Crippen molar-refractivity contribution in [3.05, 3.63) is 29.8 Å². The molecule has 1 atom stereocenters. The predicted molar refractivity (Wildman–Crippen MR) is 65.7 cm³/mol. The summed E-state index contributed by atoms with van der Waals surface area (Å²) in [6, 6.07) is 8.07. The van der Waals surface area contributed by atoms with Crippen LogP contribution in [0.5, 0.6) is 5.75 Å². The third kappa shape index (κ3) is 4.13. The molecule has 1 rings (SSSR count). The molecule has 1 aromatic carbocycles. The molecule has 0 fully saturated rings. The molecule has 0 N–H and O–H groups in total. The molecule has 0 aliphatic carbocycles. The summed E-state index contributed by atoms with van der Waals surface area (Å²) < 4.78 is 5.57. The lowest BCUT2D eigenvalue weighted by atomic mass is 10.1. The molecule has 0 amide bonds. The van der Waals surface area contributed by atoms with Gasteiger partial charge in [-0.3, -0.25) is 0 Å². The molecule has 0 bridgehead atoms. The molecule has 0 radical (unpaired) electrons. The maximum atomic E-state index is 6.22. The SMILES string of the molecule is CCCC(Cl)c1ccc(OC(C)C)cc1. The summed E-state index contributed by atoms with van der Waals surface area (Å²) in [4.78, 5) is 0. The maximum Gasteiger partial charge on any atom is 0.119 e. The molecule has 0 aliphatic rings. The summed E-state index contributed by atoms with van der Waals surface area (Å²) in [5.41, 5.74) is 1.18. The third-order valence-electron chi connectivity index (χ3n) is 2.16. The maximum absolute atomic E-state index is 6.22. The van der Waals surface area contributed by atoms with Crippen molar-refractivity contribution in [3.63, 3.8) is 0 Å². The van der Waals surface area contributed by atoms with Gasteiger partial charge < -0.3 is 4.74 Å². The number of alkyl halides is 1. The van der Waals surface area contributed by atoms with Gasteiger partial charge in [0.25, 0.3) is 0 Å². The Kier molecular flexibility index (Phi) is 4.97. The fourth-order valence-electron chi connectivity index (χ4n) is 1.45. The van der Waals surface area contributed by atoms with Crippen LogP contribution in [0.15, 0.2) is 24.3 Å². The highest BCUT2D eigenvalue weighted by Crippen LogP contribution is 2.27. The second-order valence-electron chi connectivity index (χ2n) is 3.99. The topological polar surface area (TPSA) is 9.23 Å². The van der Waals surface area contributed by atoms with Crippen molar-refractivity contribution in [3.8, 4) is 5.75 Å². The Morgan fingerprint density at radius 1 is 1.20 bits per heavy atom. The normalized spacial score (nSPS) is 12.9. The quantitative estimate of drug-likeness (QED) is 0.670. The van der Waals surface area contributed by atoms with E-state index >= 15 is 0 Å². The molecule has 84 valence electrons. The fourth-order valence-corrected chi connectivity index (χ4v) is 1.81. The molecular formula is C13H19ClO. The Labute approximate surface area is 97.4 Å². The van der Waals surface area contributed by atoms with Gasteiger partial charge in [-0.1, -0.05) is 25.5 Å². The van der Waals surface area contributed by atoms with Crippen LogP contribution >= 0.6 is 11.6 Å². The summed E-state index contributed by atoms with van der Waals surface area (Å²) in [7, 11) is 0. The minimum absolute atomic E-state index is 0.128. The predicted octanol–water partition coefficient (Wildman–Crippen LogP) is 4.55. The smallest absolute Gasteiger partial charge is 0.119 e. The van der Waals surface area contributed by atoms with Crippen molar-refractivity contribution in [2.24, 2.45) is 0 Å². The van der Waals surface area contributed by atoms with E-state index < -0.39 is 0 Å². The van der Waals surface area contributed by atoms with Crippen LogP contribution in [-0.4, -0.2) is 6.10 Å². The largest absolute Gasteiger partial charge is 0.491 e. The first-order chi connectivity index (χ1) is 7.13. The van der Waals surface area contributed by atoms with Gasteiger partial charge >= 0.3 is 0 Å². The molecule has 0 spiro atoms. The van der Waals surface area contributed by atoms with Crippen molar-refractivity contribution >= 4 is 11.6 Å². The van der Waals surface area contributed by atoms with Crippen LogP contribution < -0.4 is 4.74 Å². The highest BCUT2D eigenvalue weighted by Gasteiger charge is 2.06. The van der Waals surface area contributed by atoms with Crippen LogP contribution in [0.1, 0.15) is 44.6 Å². The van der Waals surface area contributed by atoms with Crippen molar-refractivity contribution in [2.75, 3.05) is 0 Å². The van der Waals surface area contributed by atoms with Gasteiger partial charge in [-0.05, 0) is 38.0 Å². The first-order valence-electron chi connectivity index (χ1n) is 5.54. The highest BCUT2D eigenvalue weighted by atomic mass is 35.5. The van der Waals surface area contributed by atoms with Crippen molar-refractivity contribution < 1.29 is 4.74 Å². The van der Waals surface area contributed by atoms with E-state index in [1.165, 1.54) is 5.56 Å². The number of benzene rings is 1. The van der Waals surface area contributed by atoms with E-state index in [-0.39, 0.29) is 11.5 Å². The Morgan fingerprint density at radius 3 is 2.27 bits per heavy atom. The fraction of sp³-hybridized carbons (Fsp3) is 0.538. The van der Waals surface area contributed by atoms with E-state index in [2.05, 4.69) is 6.92 Å². The van der Waals surface area contributed by atoms with E-state index in [1.54, 1.807) is 0 Å². The van der Waals surface area contributed by atoms with Gasteiger partial charge in [0, 0.05) is 0 Å². The minimum atomic E-state index is 0.128. The first-order valence-corrected chi connectivity index (χ1v) is 5.97. The molecule has 2 heteroatoms. The number of hydrogen-bond acceptors (Lipinski definition) is 1. The van der Waals surface area contributed by atoms with Gasteiger partial charge in [0.1, 0.15) is 5.75 Å². The van der Waals surface area contributed by atoms with E-state index in [0.29, 0.717) is 0 Å². The summed E-state index contributed by atoms with van der Waals surface area (Å²) in [5.74, 6) is 0.911. The van der Waals surface area contributed by atoms with Gasteiger partial charge in [-0.15, -0.1) is 11.6 Å². The Bertz CT molecular complexity index is 279. The van der Waals surface area contributed by atoms with E-state index in [1.807, 2.05) is 38.1 Å². The number of rotatable bonds is 5. The minimum Gasteiger partial charge on any atom is -0.491 e. The second-order valence-corrected chi connectivity index (χ2v) is 4.52. The van der Waals surface area contributed by atoms with Crippen molar-refractivity contribution in [1.82, 2.24) is 0 Å². The number of halogens is 1. The van der Waals surface area contributed by atoms with Crippen molar-refractivity contribution in [2.45, 2.75) is 45.1 Å².